The van der Waals surface area contributed by atoms with Crippen molar-refractivity contribution >= 4 is 58.8 Å². The third kappa shape index (κ3) is 15.5. The summed E-state index contributed by atoms with van der Waals surface area (Å²) in [5, 5.41) is 53.9. The second-order valence-electron chi connectivity index (χ2n) is 18.9. The van der Waals surface area contributed by atoms with Gasteiger partial charge in [0.1, 0.15) is 36.4 Å². The highest BCUT2D eigenvalue weighted by Crippen LogP contribution is 2.36. The van der Waals surface area contributed by atoms with Gasteiger partial charge in [0, 0.05) is 67.6 Å². The van der Waals surface area contributed by atoms with Crippen LogP contribution in [-0.4, -0.2) is 158 Å². The summed E-state index contributed by atoms with van der Waals surface area (Å²) >= 11 is 1.14. The van der Waals surface area contributed by atoms with Gasteiger partial charge in [0.2, 0.25) is 11.8 Å². The summed E-state index contributed by atoms with van der Waals surface area (Å²) in [5.74, 6) is -2.94. The largest absolute Gasteiger partial charge is 0.391 e. The van der Waals surface area contributed by atoms with E-state index in [0.717, 1.165) is 35.1 Å². The van der Waals surface area contributed by atoms with Crippen LogP contribution in [0.2, 0.25) is 0 Å². The van der Waals surface area contributed by atoms with Gasteiger partial charge < -0.3 is 56.6 Å². The standard InChI is InChI=1S/C47H73N7O12S/c1-7-12-30-23-33(45(64)52-39(28(4)55)43-41(61)40(60)42(62)46(66-43)67-6)54(5,26-30)25-29-15-17-32(18-16-29)50-44(63)31(13-11-21-49-47(48)65)24-34(56)38(27(2)3)51-35(57)14-9-8-10-22-53-36(58)19-20-37(53)59/h15-20,27-28,30-31,33,38-43,46,55,60-62H,7-14,21-26H2,1-6H3,(H5-,48,49,50,51,52,57,63,64,65)/p+1/t28-,30+,31+,33-,38-,39+,40-,41+,42+,43+,46+,54?/m0/s1. The van der Waals surface area contributed by atoms with Gasteiger partial charge in [-0.05, 0) is 63.3 Å². The first kappa shape index (κ1) is 55.2. The number of benzene rings is 1. The summed E-state index contributed by atoms with van der Waals surface area (Å²) < 4.78 is 6.27. The summed E-state index contributed by atoms with van der Waals surface area (Å²) in [6.07, 6.45) is 1.95. The van der Waals surface area contributed by atoms with Crippen LogP contribution in [0.5, 0.6) is 0 Å². The van der Waals surface area contributed by atoms with E-state index in [1.165, 1.54) is 19.1 Å². The smallest absolute Gasteiger partial charge is 0.312 e. The fourth-order valence-electron chi connectivity index (χ4n) is 9.51. The Bertz CT molecular complexity index is 1880. The average Bonchev–Trinajstić information content (AvgIpc) is 3.77. The number of unbranched alkanes of at least 4 members (excludes halogenated alkanes) is 2. The normalized spacial score (nSPS) is 26.8. The van der Waals surface area contributed by atoms with Crippen molar-refractivity contribution in [3.63, 3.8) is 0 Å². The molecule has 1 aromatic rings. The van der Waals surface area contributed by atoms with Crippen LogP contribution in [-0.2, 0) is 40.0 Å². The molecule has 3 aliphatic heterocycles. The number of hydrogen-bond donors (Lipinski definition) is 9. The lowest BCUT2D eigenvalue weighted by Gasteiger charge is -2.44. The number of likely N-dealkylation sites (N-methyl/N-ethyl adjacent to an activating group) is 1. The molecule has 7 amide bonds. The Morgan fingerprint density at radius 2 is 1.61 bits per heavy atom. The number of imide groups is 1. The molecule has 3 heterocycles. The number of aliphatic hydroxyl groups excluding tert-OH is 4. The van der Waals surface area contributed by atoms with E-state index in [9.17, 15) is 54.0 Å². The first-order valence-electron chi connectivity index (χ1n) is 23.5. The number of carbonyl (C=O) groups excluding carboxylic acids is 7. The number of rotatable bonds is 26. The minimum Gasteiger partial charge on any atom is -0.391 e. The number of urea groups is 1. The number of likely N-dealkylation sites (tertiary alicyclic amines) is 1. The second-order valence-corrected chi connectivity index (χ2v) is 19.9. The first-order chi connectivity index (χ1) is 31.7. The zero-order chi connectivity index (χ0) is 49.6. The minimum atomic E-state index is -1.56. The van der Waals surface area contributed by atoms with Gasteiger partial charge in [-0.25, -0.2) is 4.79 Å². The van der Waals surface area contributed by atoms with Crippen molar-refractivity contribution in [3.8, 4) is 0 Å². The topological polar surface area (TPSA) is 287 Å². The molecule has 4 rings (SSSR count). The number of Topliss-reactive ketones (excluding diaryl/α,β-unsaturated/α-hetero) is 1. The van der Waals surface area contributed by atoms with Crippen molar-refractivity contribution in [1.82, 2.24) is 20.9 Å². The fourth-order valence-corrected chi connectivity index (χ4v) is 10.2. The number of hydrogen-bond acceptors (Lipinski definition) is 13. The van der Waals surface area contributed by atoms with Gasteiger partial charge in [-0.15, -0.1) is 11.8 Å². The summed E-state index contributed by atoms with van der Waals surface area (Å²) in [4.78, 5) is 90.9. The maximum atomic E-state index is 14.2. The minimum absolute atomic E-state index is 0.141. The van der Waals surface area contributed by atoms with Crippen LogP contribution in [0, 0.1) is 17.8 Å². The van der Waals surface area contributed by atoms with Crippen LogP contribution in [0.25, 0.3) is 0 Å². The van der Waals surface area contributed by atoms with E-state index in [1.54, 1.807) is 32.2 Å². The first-order valence-corrected chi connectivity index (χ1v) is 24.8. The number of primary amides is 1. The van der Waals surface area contributed by atoms with E-state index in [1.807, 2.05) is 19.2 Å². The maximum Gasteiger partial charge on any atom is 0.312 e. The zero-order valence-corrected chi connectivity index (χ0v) is 40.5. The number of nitrogens with zero attached hydrogens (tertiary/aromatic N) is 2. The number of anilines is 1. The second kappa shape index (κ2) is 25.8. The van der Waals surface area contributed by atoms with Crippen LogP contribution in [0.4, 0.5) is 10.5 Å². The maximum absolute atomic E-state index is 14.2. The molecule has 0 aromatic heterocycles. The Hall–Kier alpha value is -4.44. The van der Waals surface area contributed by atoms with Gasteiger partial charge in [-0.3, -0.25) is 33.7 Å². The van der Waals surface area contributed by atoms with Gasteiger partial charge in [-0.1, -0.05) is 45.7 Å². The van der Waals surface area contributed by atoms with Gasteiger partial charge >= 0.3 is 6.03 Å². The number of ketones is 1. The molecule has 0 radical (unpaired) electrons. The van der Waals surface area contributed by atoms with Crippen LogP contribution >= 0.6 is 11.8 Å². The highest BCUT2D eigenvalue weighted by Gasteiger charge is 2.51. The van der Waals surface area contributed by atoms with E-state index < -0.39 is 71.9 Å². The third-order valence-electron chi connectivity index (χ3n) is 13.1. The average molecular weight is 961 g/mol. The van der Waals surface area contributed by atoms with Crippen molar-refractivity contribution in [2.75, 3.05) is 38.3 Å². The predicted molar refractivity (Wildman–Crippen MR) is 251 cm³/mol. The summed E-state index contributed by atoms with van der Waals surface area (Å²) in [5.41, 5.74) is 5.73. The van der Waals surface area contributed by atoms with E-state index in [4.69, 9.17) is 10.5 Å². The summed E-state index contributed by atoms with van der Waals surface area (Å²) in [7, 11) is 2.01. The number of quaternary nitrogens is 1. The highest BCUT2D eigenvalue weighted by atomic mass is 32.2. The molecule has 10 N–H and O–H groups in total. The van der Waals surface area contributed by atoms with E-state index in [-0.39, 0.29) is 73.6 Å². The molecule has 1 aromatic carbocycles. The lowest BCUT2D eigenvalue weighted by molar-refractivity contribution is -0.926. The number of nitrogens with one attached hydrogen (secondary N) is 4. The molecule has 0 aliphatic carbocycles. The number of aliphatic hydroxyl groups is 4. The van der Waals surface area contributed by atoms with Crippen LogP contribution in [0.15, 0.2) is 36.4 Å². The van der Waals surface area contributed by atoms with Crippen molar-refractivity contribution < 1.29 is 63.2 Å². The Morgan fingerprint density at radius 3 is 2.21 bits per heavy atom. The monoisotopic (exact) mass is 961 g/mol. The number of thioether (sulfide) groups is 1. The van der Waals surface area contributed by atoms with Crippen LogP contribution in [0.3, 0.4) is 0 Å². The van der Waals surface area contributed by atoms with Gasteiger partial charge in [-0.2, -0.15) is 0 Å². The molecule has 12 atom stereocenters. The van der Waals surface area contributed by atoms with Gasteiger partial charge in [0.05, 0.1) is 31.8 Å². The molecule has 20 heteroatoms. The SMILES string of the molecule is CCC[C@@H]1C[C@@H](C(=O)N[C@@H]([C@H]2O[C@H](SC)[C@H](O)[C@@H](O)[C@H]2O)[C@H](C)O)[N+](C)(Cc2ccc(NC(=O)[C@H](CCCNC(N)=O)CC(=O)[C@@H](NC(=O)CCCCCN3C(=O)C=CC3=O)C(C)C)cc2)C1. The molecule has 0 spiro atoms. The molecule has 2 fully saturated rings. The molecule has 3 aliphatic rings. The predicted octanol–water partition coefficient (Wildman–Crippen LogP) is 1.45. The molecule has 374 valence electrons. The Kier molecular flexibility index (Phi) is 21.2. The number of nitrogens with two attached hydrogens (primary N) is 1. The fraction of sp³-hybridized carbons (Fsp3) is 0.681. The van der Waals surface area contributed by atoms with E-state index in [2.05, 4.69) is 28.2 Å². The molecular formula is C47H74N7O12S+. The summed E-state index contributed by atoms with van der Waals surface area (Å²) in [6, 6.07) is 4.06. The van der Waals surface area contributed by atoms with Crippen LogP contribution < -0.4 is 27.0 Å². The molecule has 1 unspecified atom stereocenters. The van der Waals surface area contributed by atoms with Gasteiger partial charge in [0.15, 0.2) is 11.8 Å². The Balaban J connectivity index is 1.40. The molecule has 0 saturated carbocycles. The third-order valence-corrected chi connectivity index (χ3v) is 14.0. The summed E-state index contributed by atoms with van der Waals surface area (Å²) in [6.45, 7) is 8.79. The molecular weight excluding hydrogens is 887 g/mol. The highest BCUT2D eigenvalue weighted by molar-refractivity contribution is 7.99. The lowest BCUT2D eigenvalue weighted by Crippen LogP contribution is -2.66. The quantitative estimate of drug-likeness (QED) is 0.0362. The zero-order valence-electron chi connectivity index (χ0n) is 39.7. The number of carbonyl (C=O) groups is 7. The van der Waals surface area contributed by atoms with Crippen molar-refractivity contribution in [2.45, 2.75) is 153 Å². The molecule has 0 bridgehead atoms. The Morgan fingerprint density at radius 1 is 0.940 bits per heavy atom. The van der Waals surface area contributed by atoms with Crippen molar-refractivity contribution in [1.29, 1.82) is 0 Å². The van der Waals surface area contributed by atoms with E-state index >= 15 is 0 Å². The number of amides is 7. The van der Waals surface area contributed by atoms with Crippen molar-refractivity contribution in [3.05, 3.63) is 42.0 Å². The Labute approximate surface area is 398 Å². The van der Waals surface area contributed by atoms with Crippen molar-refractivity contribution in [2.24, 2.45) is 23.5 Å². The van der Waals surface area contributed by atoms with Crippen LogP contribution in [0.1, 0.15) is 97.5 Å². The lowest BCUT2D eigenvalue weighted by atomic mass is 9.89. The molecule has 19 nitrogen and oxygen atoms in total. The number of ether oxygens (including phenoxy) is 1. The van der Waals surface area contributed by atoms with E-state index in [0.29, 0.717) is 55.4 Å². The van der Waals surface area contributed by atoms with Gasteiger partial charge in [0.25, 0.3) is 17.7 Å². The molecule has 67 heavy (non-hydrogen) atoms. The molecule has 2 saturated heterocycles.